The lowest BCUT2D eigenvalue weighted by molar-refractivity contribution is -0.115. The molecule has 0 saturated carbocycles. The third-order valence-corrected chi connectivity index (χ3v) is 8.53. The number of aliphatic imine (C=N–C) groups is 1. The van der Waals surface area contributed by atoms with E-state index >= 15 is 0 Å². The molecule has 0 fully saturated rings. The number of amides is 1. The molecule has 158 valence electrons. The topological polar surface area (TPSA) is 101 Å². The van der Waals surface area contributed by atoms with Crippen molar-refractivity contribution in [3.63, 3.8) is 0 Å². The van der Waals surface area contributed by atoms with E-state index in [1.54, 1.807) is 18.5 Å². The van der Waals surface area contributed by atoms with Crippen LogP contribution in [0.2, 0.25) is 0 Å². The molecule has 30 heavy (non-hydrogen) atoms. The van der Waals surface area contributed by atoms with E-state index in [0.717, 1.165) is 11.3 Å². The highest BCUT2D eigenvalue weighted by Crippen LogP contribution is 2.41. The predicted molar refractivity (Wildman–Crippen MR) is 122 cm³/mol. The first-order chi connectivity index (χ1) is 14.4. The van der Waals surface area contributed by atoms with Crippen molar-refractivity contribution in [3.05, 3.63) is 65.0 Å². The Balaban J connectivity index is 1.39. The summed E-state index contributed by atoms with van der Waals surface area (Å²) in [4.78, 5) is 22.0. The Kier molecular flexibility index (Phi) is 6.35. The Bertz CT molecular complexity index is 1050. The van der Waals surface area contributed by atoms with Gasteiger partial charge in [0, 0.05) is 35.0 Å². The van der Waals surface area contributed by atoms with E-state index in [1.165, 1.54) is 23.5 Å². The summed E-state index contributed by atoms with van der Waals surface area (Å²) in [5.41, 5.74) is 1.63. The van der Waals surface area contributed by atoms with Gasteiger partial charge < -0.3 is 5.32 Å². The Morgan fingerprint density at radius 1 is 1.27 bits per heavy atom. The molecule has 1 aliphatic carbocycles. The van der Waals surface area contributed by atoms with Gasteiger partial charge in [-0.1, -0.05) is 36.9 Å². The number of carbonyl (C=O) groups excluding carboxylic acids is 1. The molecule has 3 unspecified atom stereocenters. The number of nitrogens with zero attached hydrogens (tertiary/aromatic N) is 2. The maximum absolute atomic E-state index is 12.7. The lowest BCUT2D eigenvalue weighted by Crippen LogP contribution is -2.27. The minimum absolute atomic E-state index is 0.0191. The highest BCUT2D eigenvalue weighted by atomic mass is 32.2. The number of amidine groups is 1. The Morgan fingerprint density at radius 3 is 2.83 bits per heavy atom. The van der Waals surface area contributed by atoms with Gasteiger partial charge in [0.2, 0.25) is 10.0 Å². The van der Waals surface area contributed by atoms with Crippen molar-refractivity contribution in [1.29, 1.82) is 0 Å². The van der Waals surface area contributed by atoms with Gasteiger partial charge in [-0.3, -0.25) is 19.5 Å². The van der Waals surface area contributed by atoms with Crippen molar-refractivity contribution in [3.8, 4) is 0 Å². The SMILES string of the molecule is CCCS(=O)(=O)NC1=CC2C=C(C(=O)NC3=NC(c4ccncc4)CS3)SC2C=C1. The molecule has 0 spiro atoms. The fraction of sp³-hybridized carbons (Fsp3) is 0.350. The van der Waals surface area contributed by atoms with Gasteiger partial charge in [0.05, 0.1) is 16.7 Å². The van der Waals surface area contributed by atoms with Crippen molar-refractivity contribution in [2.45, 2.75) is 24.6 Å². The predicted octanol–water partition coefficient (Wildman–Crippen LogP) is 2.74. The summed E-state index contributed by atoms with van der Waals surface area (Å²) in [6.07, 6.45) is 11.5. The second kappa shape index (κ2) is 8.99. The molecule has 2 N–H and O–H groups in total. The van der Waals surface area contributed by atoms with E-state index in [9.17, 15) is 13.2 Å². The molecule has 2 aliphatic heterocycles. The Hall–Kier alpha value is -2.04. The van der Waals surface area contributed by atoms with Crippen LogP contribution in [-0.4, -0.2) is 41.2 Å². The second-order valence-corrected chi connectivity index (χ2v) is 11.2. The number of aromatic nitrogens is 1. The number of hydrogen-bond donors (Lipinski definition) is 2. The Labute approximate surface area is 184 Å². The largest absolute Gasteiger partial charge is 0.301 e. The summed E-state index contributed by atoms with van der Waals surface area (Å²) in [7, 11) is -3.33. The van der Waals surface area contributed by atoms with Crippen LogP contribution in [0.1, 0.15) is 24.9 Å². The van der Waals surface area contributed by atoms with Gasteiger partial charge >= 0.3 is 0 Å². The van der Waals surface area contributed by atoms with Crippen LogP contribution in [0.25, 0.3) is 0 Å². The smallest absolute Gasteiger partial charge is 0.263 e. The van der Waals surface area contributed by atoms with Crippen LogP contribution in [0.15, 0.2) is 64.4 Å². The van der Waals surface area contributed by atoms with Crippen molar-refractivity contribution in [1.82, 2.24) is 15.0 Å². The van der Waals surface area contributed by atoms with Crippen LogP contribution in [0.3, 0.4) is 0 Å². The molecular weight excluding hydrogens is 440 g/mol. The molecule has 3 heterocycles. The van der Waals surface area contributed by atoms with Gasteiger partial charge in [-0.15, -0.1) is 11.8 Å². The molecule has 1 amide bonds. The number of fused-ring (bicyclic) bond motifs is 1. The number of hydrogen-bond acceptors (Lipinski definition) is 7. The number of rotatable bonds is 6. The van der Waals surface area contributed by atoms with Crippen molar-refractivity contribution >= 4 is 44.6 Å². The first-order valence-electron chi connectivity index (χ1n) is 9.64. The minimum Gasteiger partial charge on any atom is -0.301 e. The molecule has 3 aliphatic rings. The third-order valence-electron chi connectivity index (χ3n) is 4.76. The number of nitrogens with one attached hydrogen (secondary N) is 2. The summed E-state index contributed by atoms with van der Waals surface area (Å²) in [6, 6.07) is 3.89. The van der Waals surface area contributed by atoms with Crippen molar-refractivity contribution in [2.24, 2.45) is 10.9 Å². The number of allylic oxidation sites excluding steroid dienone is 3. The van der Waals surface area contributed by atoms with E-state index in [0.29, 0.717) is 22.2 Å². The molecular formula is C20H22N4O3S3. The first kappa shape index (κ1) is 21.2. The van der Waals surface area contributed by atoms with Crippen LogP contribution in [0, 0.1) is 5.92 Å². The maximum Gasteiger partial charge on any atom is 0.263 e. The van der Waals surface area contributed by atoms with E-state index in [-0.39, 0.29) is 28.9 Å². The molecule has 1 aromatic rings. The van der Waals surface area contributed by atoms with Gasteiger partial charge in [-0.25, -0.2) is 8.42 Å². The summed E-state index contributed by atoms with van der Waals surface area (Å²) in [5.74, 6) is 0.669. The Morgan fingerprint density at radius 2 is 2.07 bits per heavy atom. The average Bonchev–Trinajstić information content (AvgIpc) is 3.35. The lowest BCUT2D eigenvalue weighted by atomic mass is 9.98. The molecule has 4 rings (SSSR count). The average molecular weight is 463 g/mol. The zero-order valence-electron chi connectivity index (χ0n) is 16.3. The van der Waals surface area contributed by atoms with Gasteiger partial charge in [-0.05, 0) is 30.2 Å². The quantitative estimate of drug-likeness (QED) is 0.674. The molecule has 0 saturated heterocycles. The molecule has 0 aromatic carbocycles. The fourth-order valence-corrected chi connectivity index (χ4v) is 6.60. The molecule has 0 bridgehead atoms. The molecule has 1 aromatic heterocycles. The number of thioether (sulfide) groups is 2. The van der Waals surface area contributed by atoms with Crippen LogP contribution < -0.4 is 10.0 Å². The summed E-state index contributed by atoms with van der Waals surface area (Å²) >= 11 is 3.01. The monoisotopic (exact) mass is 462 g/mol. The van der Waals surface area contributed by atoms with Gasteiger partial charge in [0.1, 0.15) is 0 Å². The van der Waals surface area contributed by atoms with E-state index in [4.69, 9.17) is 0 Å². The van der Waals surface area contributed by atoms with Gasteiger partial charge in [-0.2, -0.15) is 0 Å². The van der Waals surface area contributed by atoms with Crippen LogP contribution in [-0.2, 0) is 14.8 Å². The van der Waals surface area contributed by atoms with E-state index in [2.05, 4.69) is 20.0 Å². The molecule has 10 heteroatoms. The standard InChI is InChI=1S/C20H22N4O3S3/c1-2-9-30(26,27)24-15-3-4-17-14(10-15)11-18(29-17)19(25)23-20-22-16(12-28-20)13-5-7-21-8-6-13/h3-8,10-11,14,16-17,24H,2,9,12H2,1H3,(H,22,23,25). The lowest BCUT2D eigenvalue weighted by Gasteiger charge is -2.18. The van der Waals surface area contributed by atoms with Gasteiger partial charge in [0.15, 0.2) is 5.17 Å². The van der Waals surface area contributed by atoms with E-state index in [1.807, 2.05) is 37.3 Å². The summed E-state index contributed by atoms with van der Waals surface area (Å²) in [5, 5.41) is 3.62. The summed E-state index contributed by atoms with van der Waals surface area (Å²) < 4.78 is 26.6. The highest BCUT2D eigenvalue weighted by Gasteiger charge is 2.32. The third kappa shape index (κ3) is 4.98. The van der Waals surface area contributed by atoms with Crippen molar-refractivity contribution < 1.29 is 13.2 Å². The molecule has 0 radical (unpaired) electrons. The van der Waals surface area contributed by atoms with Crippen molar-refractivity contribution in [2.75, 3.05) is 11.5 Å². The van der Waals surface area contributed by atoms with E-state index < -0.39 is 10.0 Å². The zero-order valence-corrected chi connectivity index (χ0v) is 18.8. The molecule has 3 atom stereocenters. The first-order valence-corrected chi connectivity index (χ1v) is 13.2. The normalized spacial score (nSPS) is 25.2. The molecule has 7 nitrogen and oxygen atoms in total. The fourth-order valence-electron chi connectivity index (χ4n) is 3.36. The number of pyridine rings is 1. The summed E-state index contributed by atoms with van der Waals surface area (Å²) in [6.45, 7) is 1.83. The maximum atomic E-state index is 12.7. The van der Waals surface area contributed by atoms with Gasteiger partial charge in [0.25, 0.3) is 5.91 Å². The van der Waals surface area contributed by atoms with Crippen LogP contribution >= 0.6 is 23.5 Å². The second-order valence-electron chi connectivity index (χ2n) is 7.09. The number of sulfonamides is 1. The number of carbonyl (C=O) groups is 1. The van der Waals surface area contributed by atoms with Crippen LogP contribution in [0.4, 0.5) is 0 Å². The van der Waals surface area contributed by atoms with Crippen LogP contribution in [0.5, 0.6) is 0 Å². The zero-order chi connectivity index (χ0) is 21.1. The highest BCUT2D eigenvalue weighted by molar-refractivity contribution is 8.14. The minimum atomic E-state index is -3.33.